The number of esters is 1. The summed E-state index contributed by atoms with van der Waals surface area (Å²) >= 11 is 3.27. The molecule has 0 spiro atoms. The summed E-state index contributed by atoms with van der Waals surface area (Å²) in [6.45, 7) is 1.72. The van der Waals surface area contributed by atoms with Crippen LogP contribution in [0.25, 0.3) is 0 Å². The van der Waals surface area contributed by atoms with Crippen molar-refractivity contribution in [3.05, 3.63) is 27.7 Å². The third-order valence-corrected chi connectivity index (χ3v) is 2.46. The van der Waals surface area contributed by atoms with Crippen LogP contribution in [0.3, 0.4) is 0 Å². The molecule has 0 radical (unpaired) electrons. The SMILES string of the molecule is CC#Cc1cc(Br)c(C(=O)OC)cc1N. The Morgan fingerprint density at radius 2 is 2.20 bits per heavy atom. The predicted molar refractivity (Wildman–Crippen MR) is 62.4 cm³/mol. The largest absolute Gasteiger partial charge is 0.465 e. The van der Waals surface area contributed by atoms with Gasteiger partial charge in [0.15, 0.2) is 0 Å². The number of ether oxygens (including phenoxy) is 1. The second-order valence-corrected chi connectivity index (χ2v) is 3.64. The van der Waals surface area contributed by atoms with Crippen molar-refractivity contribution in [2.24, 2.45) is 0 Å². The van der Waals surface area contributed by atoms with Crippen molar-refractivity contribution in [3.8, 4) is 11.8 Å². The van der Waals surface area contributed by atoms with E-state index in [-0.39, 0.29) is 0 Å². The Balaban J connectivity index is 3.29. The normalized spacial score (nSPS) is 9.00. The molecule has 0 amide bonds. The van der Waals surface area contributed by atoms with Gasteiger partial charge in [0.2, 0.25) is 0 Å². The van der Waals surface area contributed by atoms with E-state index in [0.717, 1.165) is 0 Å². The van der Waals surface area contributed by atoms with Crippen LogP contribution in [-0.4, -0.2) is 13.1 Å². The van der Waals surface area contributed by atoms with Crippen molar-refractivity contribution in [1.82, 2.24) is 0 Å². The Bertz CT molecular complexity index is 458. The lowest BCUT2D eigenvalue weighted by Gasteiger charge is -2.05. The topological polar surface area (TPSA) is 52.3 Å². The van der Waals surface area contributed by atoms with Crippen molar-refractivity contribution in [3.63, 3.8) is 0 Å². The molecule has 0 saturated heterocycles. The van der Waals surface area contributed by atoms with Crippen molar-refractivity contribution >= 4 is 27.6 Å². The minimum Gasteiger partial charge on any atom is -0.465 e. The van der Waals surface area contributed by atoms with E-state index in [1.807, 2.05) is 0 Å². The van der Waals surface area contributed by atoms with Crippen LogP contribution in [0.1, 0.15) is 22.8 Å². The molecule has 4 heteroatoms. The van der Waals surface area contributed by atoms with Crippen molar-refractivity contribution in [2.45, 2.75) is 6.92 Å². The highest BCUT2D eigenvalue weighted by Crippen LogP contribution is 2.24. The number of carbonyl (C=O) groups is 1. The monoisotopic (exact) mass is 267 g/mol. The first-order valence-electron chi connectivity index (χ1n) is 4.20. The third kappa shape index (κ3) is 2.51. The van der Waals surface area contributed by atoms with Gasteiger partial charge < -0.3 is 10.5 Å². The first-order valence-corrected chi connectivity index (χ1v) is 4.99. The standard InChI is InChI=1S/C11H10BrNO2/c1-3-4-7-5-9(12)8(6-10(7)13)11(14)15-2/h5-6H,13H2,1-2H3. The fourth-order valence-corrected chi connectivity index (χ4v) is 1.60. The number of rotatable bonds is 1. The van der Waals surface area contributed by atoms with Crippen LogP contribution in [0.5, 0.6) is 0 Å². The highest BCUT2D eigenvalue weighted by Gasteiger charge is 2.12. The highest BCUT2D eigenvalue weighted by molar-refractivity contribution is 9.10. The average Bonchev–Trinajstić information content (AvgIpc) is 2.22. The number of nitrogens with two attached hydrogens (primary N) is 1. The third-order valence-electron chi connectivity index (χ3n) is 1.80. The number of methoxy groups -OCH3 is 1. The molecule has 0 saturated carbocycles. The number of hydrogen-bond acceptors (Lipinski definition) is 3. The zero-order chi connectivity index (χ0) is 11.4. The minimum atomic E-state index is -0.426. The molecule has 0 aromatic heterocycles. The van der Waals surface area contributed by atoms with E-state index >= 15 is 0 Å². The maximum absolute atomic E-state index is 11.3. The lowest BCUT2D eigenvalue weighted by molar-refractivity contribution is 0.0600. The lowest BCUT2D eigenvalue weighted by Crippen LogP contribution is -2.04. The number of anilines is 1. The molecule has 3 nitrogen and oxygen atoms in total. The number of carbonyl (C=O) groups excluding carboxylic acids is 1. The zero-order valence-electron chi connectivity index (χ0n) is 8.43. The van der Waals surface area contributed by atoms with E-state index in [1.54, 1.807) is 19.1 Å². The molecule has 0 bridgehead atoms. The Hall–Kier alpha value is -1.47. The van der Waals surface area contributed by atoms with Gasteiger partial charge in [0.25, 0.3) is 0 Å². The lowest BCUT2D eigenvalue weighted by atomic mass is 10.1. The van der Waals surface area contributed by atoms with E-state index < -0.39 is 5.97 Å². The number of nitrogen functional groups attached to an aromatic ring is 1. The second kappa shape index (κ2) is 4.85. The van der Waals surface area contributed by atoms with Gasteiger partial charge in [-0.1, -0.05) is 5.92 Å². The summed E-state index contributed by atoms with van der Waals surface area (Å²) in [7, 11) is 1.32. The molecule has 0 aliphatic heterocycles. The maximum atomic E-state index is 11.3. The summed E-state index contributed by atoms with van der Waals surface area (Å²) in [6, 6.07) is 3.26. The van der Waals surface area contributed by atoms with Crippen LogP contribution in [0.15, 0.2) is 16.6 Å². The second-order valence-electron chi connectivity index (χ2n) is 2.79. The van der Waals surface area contributed by atoms with Gasteiger partial charge in [-0.05, 0) is 35.0 Å². The van der Waals surface area contributed by atoms with Gasteiger partial charge in [-0.15, -0.1) is 5.92 Å². The molecular formula is C11H10BrNO2. The molecule has 0 unspecified atom stereocenters. The number of hydrogen-bond donors (Lipinski definition) is 1. The molecule has 78 valence electrons. The molecule has 1 rings (SSSR count). The molecule has 0 atom stereocenters. The quantitative estimate of drug-likeness (QED) is 0.482. The zero-order valence-corrected chi connectivity index (χ0v) is 10.0. The highest BCUT2D eigenvalue weighted by atomic mass is 79.9. The Labute approximate surface area is 96.7 Å². The first kappa shape index (κ1) is 11.6. The van der Waals surface area contributed by atoms with Gasteiger partial charge in [-0.2, -0.15) is 0 Å². The molecule has 15 heavy (non-hydrogen) atoms. The van der Waals surface area contributed by atoms with Gasteiger partial charge in [0.1, 0.15) is 0 Å². The Kier molecular flexibility index (Phi) is 3.75. The van der Waals surface area contributed by atoms with E-state index in [4.69, 9.17) is 5.73 Å². The summed E-state index contributed by atoms with van der Waals surface area (Å²) in [5.41, 5.74) is 7.29. The molecule has 0 fully saturated rings. The van der Waals surface area contributed by atoms with Crippen molar-refractivity contribution < 1.29 is 9.53 Å². The van der Waals surface area contributed by atoms with Crippen LogP contribution in [-0.2, 0) is 4.74 Å². The van der Waals surface area contributed by atoms with E-state index in [2.05, 4.69) is 32.5 Å². The van der Waals surface area contributed by atoms with E-state index in [9.17, 15) is 4.79 Å². The summed E-state index contributed by atoms with van der Waals surface area (Å²) in [5.74, 6) is 5.17. The molecule has 0 aliphatic carbocycles. The summed E-state index contributed by atoms with van der Waals surface area (Å²) in [6.07, 6.45) is 0. The van der Waals surface area contributed by atoms with Crippen LogP contribution < -0.4 is 5.73 Å². The van der Waals surface area contributed by atoms with Crippen molar-refractivity contribution in [2.75, 3.05) is 12.8 Å². The molecule has 1 aromatic carbocycles. The van der Waals surface area contributed by atoms with E-state index in [0.29, 0.717) is 21.3 Å². The first-order chi connectivity index (χ1) is 7.10. The molecular weight excluding hydrogens is 258 g/mol. The van der Waals surface area contributed by atoms with Gasteiger partial charge in [0.05, 0.1) is 12.7 Å². The van der Waals surface area contributed by atoms with Gasteiger partial charge in [0, 0.05) is 15.7 Å². The average molecular weight is 268 g/mol. The maximum Gasteiger partial charge on any atom is 0.339 e. The van der Waals surface area contributed by atoms with Crippen molar-refractivity contribution in [1.29, 1.82) is 0 Å². The molecule has 0 heterocycles. The minimum absolute atomic E-state index is 0.400. The van der Waals surface area contributed by atoms with Crippen LogP contribution in [0.4, 0.5) is 5.69 Å². The van der Waals surface area contributed by atoms with Crippen LogP contribution in [0, 0.1) is 11.8 Å². The predicted octanol–water partition coefficient (Wildman–Crippen LogP) is 2.19. The molecule has 1 aromatic rings. The Morgan fingerprint density at radius 1 is 1.53 bits per heavy atom. The molecule has 2 N–H and O–H groups in total. The number of benzene rings is 1. The smallest absolute Gasteiger partial charge is 0.339 e. The fourth-order valence-electron chi connectivity index (χ4n) is 1.10. The Morgan fingerprint density at radius 3 is 2.73 bits per heavy atom. The fraction of sp³-hybridized carbons (Fsp3) is 0.182. The van der Waals surface area contributed by atoms with Gasteiger partial charge in [-0.25, -0.2) is 4.79 Å². The van der Waals surface area contributed by atoms with Crippen LogP contribution >= 0.6 is 15.9 Å². The summed E-state index contributed by atoms with van der Waals surface area (Å²) in [4.78, 5) is 11.3. The van der Waals surface area contributed by atoms with Gasteiger partial charge in [-0.3, -0.25) is 0 Å². The van der Waals surface area contributed by atoms with Crippen LogP contribution in [0.2, 0.25) is 0 Å². The van der Waals surface area contributed by atoms with Gasteiger partial charge >= 0.3 is 5.97 Å². The number of halogens is 1. The summed E-state index contributed by atoms with van der Waals surface area (Å²) < 4.78 is 5.24. The molecule has 0 aliphatic rings. The summed E-state index contributed by atoms with van der Waals surface area (Å²) in [5, 5.41) is 0. The van der Waals surface area contributed by atoms with E-state index in [1.165, 1.54) is 7.11 Å².